The normalized spacial score (nSPS) is 12.7. The molecule has 0 saturated carbocycles. The summed E-state index contributed by atoms with van der Waals surface area (Å²) in [5, 5.41) is 3.79. The van der Waals surface area contributed by atoms with Crippen LogP contribution in [0, 0.1) is 6.92 Å². The number of benzene rings is 1. The molecule has 0 spiro atoms. The van der Waals surface area contributed by atoms with E-state index in [-0.39, 0.29) is 6.04 Å². The molecule has 0 aliphatic rings. The molecule has 0 aliphatic heterocycles. The number of nitrogens with zero attached hydrogens (tertiary/aromatic N) is 2. The van der Waals surface area contributed by atoms with E-state index in [2.05, 4.69) is 22.6 Å². The van der Waals surface area contributed by atoms with Crippen LogP contribution in [0.25, 0.3) is 0 Å². The van der Waals surface area contributed by atoms with E-state index in [1.807, 2.05) is 18.2 Å². The molecule has 0 fully saturated rings. The lowest BCUT2D eigenvalue weighted by Crippen LogP contribution is -2.11. The summed E-state index contributed by atoms with van der Waals surface area (Å²) in [4.78, 5) is 0.999. The van der Waals surface area contributed by atoms with Gasteiger partial charge in [0.1, 0.15) is 0 Å². The number of hydrogen-bond acceptors (Lipinski definition) is 4. The molecule has 1 heterocycles. The molecule has 4 heteroatoms. The van der Waals surface area contributed by atoms with Crippen LogP contribution in [0.3, 0.4) is 0 Å². The van der Waals surface area contributed by atoms with Crippen molar-refractivity contribution < 1.29 is 0 Å². The van der Waals surface area contributed by atoms with E-state index in [4.69, 9.17) is 5.73 Å². The number of nitrogens with two attached hydrogens (primary N) is 1. The molecule has 72 valence electrons. The Hall–Kier alpha value is -1.26. The van der Waals surface area contributed by atoms with Crippen molar-refractivity contribution in [3.8, 4) is 0 Å². The fourth-order valence-electron chi connectivity index (χ4n) is 1.40. The third kappa shape index (κ3) is 1.66. The van der Waals surface area contributed by atoms with Crippen LogP contribution in [-0.4, -0.2) is 9.59 Å². The van der Waals surface area contributed by atoms with Crippen LogP contribution in [-0.2, 0) is 0 Å². The van der Waals surface area contributed by atoms with Crippen molar-refractivity contribution in [1.29, 1.82) is 0 Å². The van der Waals surface area contributed by atoms with Crippen molar-refractivity contribution >= 4 is 11.5 Å². The van der Waals surface area contributed by atoms with Gasteiger partial charge in [-0.25, -0.2) is 0 Å². The topological polar surface area (TPSA) is 51.8 Å². The molecule has 0 radical (unpaired) electrons. The molecule has 0 saturated heterocycles. The van der Waals surface area contributed by atoms with E-state index in [1.165, 1.54) is 17.1 Å². The average Bonchev–Trinajstić information content (AvgIpc) is 2.70. The summed E-state index contributed by atoms with van der Waals surface area (Å²) in [6, 6.07) is 8.01. The van der Waals surface area contributed by atoms with Gasteiger partial charge in [-0.05, 0) is 29.6 Å². The first kappa shape index (κ1) is 9.30. The highest BCUT2D eigenvalue weighted by molar-refractivity contribution is 7.05. The van der Waals surface area contributed by atoms with Crippen molar-refractivity contribution in [3.63, 3.8) is 0 Å². The monoisotopic (exact) mass is 205 g/mol. The minimum absolute atomic E-state index is 0.101. The zero-order chi connectivity index (χ0) is 9.97. The Balaban J connectivity index is 2.37. The van der Waals surface area contributed by atoms with Crippen LogP contribution < -0.4 is 5.73 Å². The van der Waals surface area contributed by atoms with Gasteiger partial charge in [0, 0.05) is 0 Å². The molecule has 0 bridgehead atoms. The van der Waals surface area contributed by atoms with Gasteiger partial charge in [-0.2, -0.15) is 0 Å². The van der Waals surface area contributed by atoms with Crippen molar-refractivity contribution in [1.82, 2.24) is 9.59 Å². The number of aryl methyl sites for hydroxylation is 1. The Labute approximate surface area is 86.7 Å². The minimum atomic E-state index is -0.101. The van der Waals surface area contributed by atoms with E-state index < -0.39 is 0 Å². The molecule has 1 aromatic carbocycles. The van der Waals surface area contributed by atoms with Gasteiger partial charge in [0.2, 0.25) is 0 Å². The molecule has 1 unspecified atom stereocenters. The predicted octanol–water partition coefficient (Wildman–Crippen LogP) is 1.89. The zero-order valence-corrected chi connectivity index (χ0v) is 8.66. The zero-order valence-electron chi connectivity index (χ0n) is 7.84. The van der Waals surface area contributed by atoms with Crippen LogP contribution in [0.15, 0.2) is 30.5 Å². The highest BCUT2D eigenvalue weighted by Gasteiger charge is 2.12. The second-order valence-corrected chi connectivity index (χ2v) is 3.97. The van der Waals surface area contributed by atoms with Gasteiger partial charge < -0.3 is 5.73 Å². The minimum Gasteiger partial charge on any atom is -0.320 e. The van der Waals surface area contributed by atoms with Crippen LogP contribution >= 0.6 is 11.5 Å². The molecule has 0 amide bonds. The summed E-state index contributed by atoms with van der Waals surface area (Å²) >= 11 is 1.35. The Kier molecular flexibility index (Phi) is 2.56. The van der Waals surface area contributed by atoms with Gasteiger partial charge in [0.15, 0.2) is 0 Å². The van der Waals surface area contributed by atoms with Gasteiger partial charge in [-0.15, -0.1) is 5.10 Å². The van der Waals surface area contributed by atoms with Crippen LogP contribution in [0.4, 0.5) is 0 Å². The smallest absolute Gasteiger partial charge is 0.0681 e. The molecule has 14 heavy (non-hydrogen) atoms. The number of hydrogen-bond donors (Lipinski definition) is 1. The second-order valence-electron chi connectivity index (χ2n) is 3.15. The molecular weight excluding hydrogens is 194 g/mol. The molecular formula is C10H11N3S. The fraction of sp³-hybridized carbons (Fsp3) is 0.200. The van der Waals surface area contributed by atoms with Crippen molar-refractivity contribution in [2.24, 2.45) is 5.73 Å². The largest absolute Gasteiger partial charge is 0.320 e. The summed E-state index contributed by atoms with van der Waals surface area (Å²) in [7, 11) is 0. The third-order valence-electron chi connectivity index (χ3n) is 2.21. The van der Waals surface area contributed by atoms with E-state index in [1.54, 1.807) is 6.20 Å². The molecule has 2 rings (SSSR count). The SMILES string of the molecule is Cc1ccccc1C(N)c1cnns1. The first-order valence-corrected chi connectivity index (χ1v) is 5.15. The third-order valence-corrected chi connectivity index (χ3v) is 2.95. The summed E-state index contributed by atoms with van der Waals surface area (Å²) in [6.45, 7) is 2.06. The Morgan fingerprint density at radius 1 is 1.36 bits per heavy atom. The van der Waals surface area contributed by atoms with Crippen LogP contribution in [0.5, 0.6) is 0 Å². The summed E-state index contributed by atoms with van der Waals surface area (Å²) in [5.41, 5.74) is 8.43. The van der Waals surface area contributed by atoms with Crippen molar-refractivity contribution in [3.05, 3.63) is 46.5 Å². The van der Waals surface area contributed by atoms with Gasteiger partial charge in [0.05, 0.1) is 17.1 Å². The Bertz CT molecular complexity index is 411. The molecule has 1 aromatic heterocycles. The second kappa shape index (κ2) is 3.86. The lowest BCUT2D eigenvalue weighted by molar-refractivity contribution is 0.878. The van der Waals surface area contributed by atoms with Gasteiger partial charge in [-0.1, -0.05) is 28.8 Å². The fourth-order valence-corrected chi connectivity index (χ4v) is 1.92. The predicted molar refractivity (Wildman–Crippen MR) is 57.1 cm³/mol. The quantitative estimate of drug-likeness (QED) is 0.814. The maximum absolute atomic E-state index is 6.09. The maximum atomic E-state index is 6.09. The summed E-state index contributed by atoms with van der Waals surface area (Å²) < 4.78 is 3.81. The molecule has 2 N–H and O–H groups in total. The molecule has 1 atom stereocenters. The van der Waals surface area contributed by atoms with E-state index in [0.717, 1.165) is 10.4 Å². The lowest BCUT2D eigenvalue weighted by atomic mass is 10.0. The first-order valence-electron chi connectivity index (χ1n) is 4.37. The standard InChI is InChI=1S/C10H11N3S/c1-7-4-2-3-5-8(7)10(11)9-6-12-13-14-9/h2-6,10H,11H2,1H3. The highest BCUT2D eigenvalue weighted by atomic mass is 32.1. The van der Waals surface area contributed by atoms with Crippen LogP contribution in [0.2, 0.25) is 0 Å². The first-order chi connectivity index (χ1) is 6.79. The van der Waals surface area contributed by atoms with E-state index in [9.17, 15) is 0 Å². The maximum Gasteiger partial charge on any atom is 0.0681 e. The highest BCUT2D eigenvalue weighted by Crippen LogP contribution is 2.23. The van der Waals surface area contributed by atoms with Crippen molar-refractivity contribution in [2.75, 3.05) is 0 Å². The average molecular weight is 205 g/mol. The molecule has 2 aromatic rings. The van der Waals surface area contributed by atoms with Crippen LogP contribution in [0.1, 0.15) is 22.0 Å². The Morgan fingerprint density at radius 3 is 2.79 bits per heavy atom. The van der Waals surface area contributed by atoms with Gasteiger partial charge >= 0.3 is 0 Å². The van der Waals surface area contributed by atoms with E-state index >= 15 is 0 Å². The van der Waals surface area contributed by atoms with Gasteiger partial charge in [0.25, 0.3) is 0 Å². The van der Waals surface area contributed by atoms with Crippen molar-refractivity contribution in [2.45, 2.75) is 13.0 Å². The molecule has 0 aliphatic carbocycles. The number of rotatable bonds is 2. The molecule has 3 nitrogen and oxygen atoms in total. The Morgan fingerprint density at radius 2 is 2.14 bits per heavy atom. The van der Waals surface area contributed by atoms with E-state index in [0.29, 0.717) is 0 Å². The van der Waals surface area contributed by atoms with Gasteiger partial charge in [-0.3, -0.25) is 0 Å². The number of aromatic nitrogens is 2. The summed E-state index contributed by atoms with van der Waals surface area (Å²) in [5.74, 6) is 0. The summed E-state index contributed by atoms with van der Waals surface area (Å²) in [6.07, 6.45) is 1.72. The lowest BCUT2D eigenvalue weighted by Gasteiger charge is -2.11.